The van der Waals surface area contributed by atoms with Crippen LogP contribution >= 0.6 is 0 Å². The Morgan fingerprint density at radius 2 is 2.12 bits per heavy atom. The average molecular weight is 242 g/mol. The fourth-order valence-electron chi connectivity index (χ4n) is 1.79. The monoisotopic (exact) mass is 242 g/mol. The number of carboxylic acids is 1. The summed E-state index contributed by atoms with van der Waals surface area (Å²) in [7, 11) is 0. The third kappa shape index (κ3) is 5.17. The first-order chi connectivity index (χ1) is 8.04. The first-order valence-electron chi connectivity index (χ1n) is 6.30. The van der Waals surface area contributed by atoms with Crippen molar-refractivity contribution in [1.82, 2.24) is 4.90 Å². The largest absolute Gasteiger partial charge is 0.480 e. The third-order valence-electron chi connectivity index (χ3n) is 3.00. The fraction of sp³-hybridized carbons (Fsp3) is 0.833. The first kappa shape index (κ1) is 14.0. The smallest absolute Gasteiger partial charge is 0.323 e. The van der Waals surface area contributed by atoms with Gasteiger partial charge in [0.25, 0.3) is 0 Å². The molecule has 0 spiro atoms. The molecule has 0 aromatic rings. The number of nitrogens with zero attached hydrogens (tertiary/aromatic N) is 1. The lowest BCUT2D eigenvalue weighted by Crippen LogP contribution is -2.46. The van der Waals surface area contributed by atoms with Crippen LogP contribution < -0.4 is 5.73 Å². The van der Waals surface area contributed by atoms with E-state index in [2.05, 4.69) is 0 Å². The van der Waals surface area contributed by atoms with Crippen LogP contribution in [0.1, 0.15) is 39.0 Å². The Kier molecular flexibility index (Phi) is 5.41. The lowest BCUT2D eigenvalue weighted by atomic mass is 10.1. The minimum atomic E-state index is -0.971. The molecule has 0 aliphatic heterocycles. The van der Waals surface area contributed by atoms with Gasteiger partial charge in [-0.1, -0.05) is 19.8 Å². The van der Waals surface area contributed by atoms with Crippen LogP contribution in [-0.2, 0) is 9.59 Å². The Morgan fingerprint density at radius 3 is 2.59 bits per heavy atom. The molecule has 5 nitrogen and oxygen atoms in total. The normalized spacial score (nSPS) is 16.6. The van der Waals surface area contributed by atoms with Crippen molar-refractivity contribution in [3.63, 3.8) is 0 Å². The van der Waals surface area contributed by atoms with E-state index in [1.54, 1.807) is 0 Å². The van der Waals surface area contributed by atoms with Gasteiger partial charge in [0.2, 0.25) is 5.91 Å². The number of rotatable bonds is 8. The van der Waals surface area contributed by atoms with E-state index in [4.69, 9.17) is 10.8 Å². The summed E-state index contributed by atoms with van der Waals surface area (Å²) in [4.78, 5) is 24.1. The molecule has 0 heterocycles. The van der Waals surface area contributed by atoms with Crippen LogP contribution in [0.3, 0.4) is 0 Å². The molecule has 0 bridgehead atoms. The molecule has 3 N–H and O–H groups in total. The molecule has 1 unspecified atom stereocenters. The SMILES string of the molecule is CCCCC(N)C(=O)N(CC(=O)O)CC1CC1. The molecule has 1 fully saturated rings. The minimum absolute atomic E-state index is 0.215. The van der Waals surface area contributed by atoms with Crippen LogP contribution in [0, 0.1) is 5.92 Å². The van der Waals surface area contributed by atoms with Crippen LogP contribution in [0.5, 0.6) is 0 Å². The van der Waals surface area contributed by atoms with Gasteiger partial charge in [-0.05, 0) is 25.2 Å². The molecule has 0 radical (unpaired) electrons. The van der Waals surface area contributed by atoms with E-state index < -0.39 is 12.0 Å². The summed E-state index contributed by atoms with van der Waals surface area (Å²) in [6.07, 6.45) is 4.71. The summed E-state index contributed by atoms with van der Waals surface area (Å²) in [5.41, 5.74) is 5.79. The molecule has 5 heteroatoms. The van der Waals surface area contributed by atoms with Crippen molar-refractivity contribution in [2.75, 3.05) is 13.1 Å². The fourth-order valence-corrected chi connectivity index (χ4v) is 1.79. The number of carbonyl (C=O) groups is 2. The molecule has 1 aliphatic rings. The van der Waals surface area contributed by atoms with Crippen molar-refractivity contribution >= 4 is 11.9 Å². The van der Waals surface area contributed by atoms with Gasteiger partial charge in [0.05, 0.1) is 6.04 Å². The number of unbranched alkanes of at least 4 members (excludes halogenated alkanes) is 1. The Morgan fingerprint density at radius 1 is 1.47 bits per heavy atom. The Labute approximate surface area is 102 Å². The van der Waals surface area contributed by atoms with Crippen molar-refractivity contribution in [3.05, 3.63) is 0 Å². The van der Waals surface area contributed by atoms with Gasteiger partial charge in [0, 0.05) is 6.54 Å². The van der Waals surface area contributed by atoms with Crippen molar-refractivity contribution in [2.45, 2.75) is 45.1 Å². The second kappa shape index (κ2) is 6.59. The standard InChI is InChI=1S/C12H22N2O3/c1-2-3-4-10(13)12(17)14(8-11(15)16)7-9-5-6-9/h9-10H,2-8,13H2,1H3,(H,15,16). The lowest BCUT2D eigenvalue weighted by Gasteiger charge is -2.24. The summed E-state index contributed by atoms with van der Waals surface area (Å²) in [5, 5.41) is 8.79. The van der Waals surface area contributed by atoms with Gasteiger partial charge in [-0.3, -0.25) is 9.59 Å². The molecule has 1 amide bonds. The van der Waals surface area contributed by atoms with E-state index in [-0.39, 0.29) is 12.5 Å². The zero-order chi connectivity index (χ0) is 12.8. The van der Waals surface area contributed by atoms with E-state index >= 15 is 0 Å². The number of carbonyl (C=O) groups excluding carboxylic acids is 1. The molecule has 98 valence electrons. The summed E-state index contributed by atoms with van der Waals surface area (Å²) >= 11 is 0. The quantitative estimate of drug-likeness (QED) is 0.660. The molecule has 1 saturated carbocycles. The van der Waals surface area contributed by atoms with E-state index in [0.717, 1.165) is 25.7 Å². The molecule has 1 aliphatic carbocycles. The number of amides is 1. The van der Waals surface area contributed by atoms with E-state index in [9.17, 15) is 9.59 Å². The topological polar surface area (TPSA) is 83.6 Å². The molecule has 17 heavy (non-hydrogen) atoms. The highest BCUT2D eigenvalue weighted by Crippen LogP contribution is 2.29. The number of carboxylic acid groups (broad SMARTS) is 1. The lowest BCUT2D eigenvalue weighted by molar-refractivity contribution is -0.145. The summed E-state index contributed by atoms with van der Waals surface area (Å²) in [5.74, 6) is -0.703. The van der Waals surface area contributed by atoms with E-state index in [1.807, 2.05) is 6.92 Å². The summed E-state index contributed by atoms with van der Waals surface area (Å²) < 4.78 is 0. The molecule has 1 atom stereocenters. The van der Waals surface area contributed by atoms with Gasteiger partial charge >= 0.3 is 5.97 Å². The van der Waals surface area contributed by atoms with Crippen molar-refractivity contribution < 1.29 is 14.7 Å². The Hall–Kier alpha value is -1.10. The number of hydrogen-bond donors (Lipinski definition) is 2. The first-order valence-corrected chi connectivity index (χ1v) is 6.30. The predicted molar refractivity (Wildman–Crippen MR) is 64.4 cm³/mol. The Bertz CT molecular complexity index is 277. The summed E-state index contributed by atoms with van der Waals surface area (Å²) in [6, 6.07) is -0.548. The highest BCUT2D eigenvalue weighted by Gasteiger charge is 2.29. The predicted octanol–water partition coefficient (Wildman–Crippen LogP) is 0.827. The molecular weight excluding hydrogens is 220 g/mol. The molecular formula is C12H22N2O3. The Balaban J connectivity index is 2.47. The van der Waals surface area contributed by atoms with Crippen LogP contribution in [0.4, 0.5) is 0 Å². The minimum Gasteiger partial charge on any atom is -0.480 e. The zero-order valence-electron chi connectivity index (χ0n) is 10.4. The molecule has 0 aromatic heterocycles. The van der Waals surface area contributed by atoms with Crippen molar-refractivity contribution in [2.24, 2.45) is 11.7 Å². The second-order valence-electron chi connectivity index (χ2n) is 4.80. The average Bonchev–Trinajstić information content (AvgIpc) is 3.07. The van der Waals surface area contributed by atoms with Gasteiger partial charge in [-0.25, -0.2) is 0 Å². The number of aliphatic carboxylic acids is 1. The van der Waals surface area contributed by atoms with Gasteiger partial charge < -0.3 is 15.7 Å². The van der Waals surface area contributed by atoms with E-state index in [1.165, 1.54) is 4.90 Å². The highest BCUT2D eigenvalue weighted by molar-refractivity contribution is 5.85. The molecule has 1 rings (SSSR count). The molecule has 0 saturated heterocycles. The van der Waals surface area contributed by atoms with Gasteiger partial charge in [0.15, 0.2) is 0 Å². The van der Waals surface area contributed by atoms with E-state index in [0.29, 0.717) is 18.9 Å². The van der Waals surface area contributed by atoms with Crippen LogP contribution in [0.2, 0.25) is 0 Å². The zero-order valence-corrected chi connectivity index (χ0v) is 10.4. The van der Waals surface area contributed by atoms with Gasteiger partial charge in [-0.15, -0.1) is 0 Å². The van der Waals surface area contributed by atoms with Gasteiger partial charge in [-0.2, -0.15) is 0 Å². The van der Waals surface area contributed by atoms with Crippen LogP contribution in [0.15, 0.2) is 0 Å². The van der Waals surface area contributed by atoms with Crippen LogP contribution in [0.25, 0.3) is 0 Å². The highest BCUT2D eigenvalue weighted by atomic mass is 16.4. The van der Waals surface area contributed by atoms with Crippen molar-refractivity contribution in [3.8, 4) is 0 Å². The van der Waals surface area contributed by atoms with Crippen molar-refractivity contribution in [1.29, 1.82) is 0 Å². The maximum Gasteiger partial charge on any atom is 0.323 e. The maximum absolute atomic E-state index is 12.0. The maximum atomic E-state index is 12.0. The van der Waals surface area contributed by atoms with Crippen LogP contribution in [-0.4, -0.2) is 41.0 Å². The summed E-state index contributed by atoms with van der Waals surface area (Å²) in [6.45, 7) is 2.36. The second-order valence-corrected chi connectivity index (χ2v) is 4.80. The molecule has 0 aromatic carbocycles. The number of nitrogens with two attached hydrogens (primary N) is 1. The third-order valence-corrected chi connectivity index (χ3v) is 3.00. The number of hydrogen-bond acceptors (Lipinski definition) is 3. The van der Waals surface area contributed by atoms with Gasteiger partial charge in [0.1, 0.15) is 6.54 Å².